The Morgan fingerprint density at radius 1 is 1.22 bits per heavy atom. The molecule has 4 rings (SSSR count). The van der Waals surface area contributed by atoms with Gasteiger partial charge in [0.1, 0.15) is 16.9 Å². The molecule has 0 spiro atoms. The number of hydrogen-bond donors (Lipinski definition) is 4. The molecule has 1 saturated carbocycles. The molecule has 9 nitrogen and oxygen atoms in total. The fourth-order valence-electron chi connectivity index (χ4n) is 4.82. The second kappa shape index (κ2) is 11.7. The van der Waals surface area contributed by atoms with E-state index >= 15 is 0 Å². The zero-order chi connectivity index (χ0) is 26.4. The van der Waals surface area contributed by atoms with E-state index in [0.717, 1.165) is 30.2 Å². The van der Waals surface area contributed by atoms with Gasteiger partial charge in [0.2, 0.25) is 11.8 Å². The number of nitrogens with one attached hydrogen (secondary N) is 3. The number of aromatic amines is 1. The maximum Gasteiger partial charge on any atom is 0.245 e. The molecule has 198 valence electrons. The van der Waals surface area contributed by atoms with Crippen molar-refractivity contribution in [1.82, 2.24) is 20.6 Å². The molecule has 2 heterocycles. The molecule has 0 bridgehead atoms. The number of carbonyl (C=O) groups excluding carboxylic acids is 2. The Hall–Kier alpha value is -3.50. The minimum absolute atomic E-state index is 0.0590. The van der Waals surface area contributed by atoms with Crippen LogP contribution >= 0.6 is 0 Å². The van der Waals surface area contributed by atoms with Crippen LogP contribution in [0.25, 0.3) is 11.0 Å². The van der Waals surface area contributed by atoms with E-state index in [1.165, 1.54) is 12.1 Å². The number of benzene rings is 1. The number of carbonyl (C=O) groups is 2. The molecule has 3 aromatic rings. The van der Waals surface area contributed by atoms with E-state index < -0.39 is 23.3 Å². The Morgan fingerprint density at radius 2 is 2.00 bits per heavy atom. The molecule has 2 amide bonds. The van der Waals surface area contributed by atoms with Gasteiger partial charge in [0.25, 0.3) is 0 Å². The number of amides is 2. The second-order valence-electron chi connectivity index (χ2n) is 9.56. The molecule has 0 aliphatic heterocycles. The Balaban J connectivity index is 1.42. The highest BCUT2D eigenvalue weighted by atomic mass is 19.1. The minimum atomic E-state index is -0.990. The number of aromatic nitrogens is 2. The maximum absolute atomic E-state index is 14.9. The molecule has 1 fully saturated rings. The zero-order valence-electron chi connectivity index (χ0n) is 21.2. The highest BCUT2D eigenvalue weighted by molar-refractivity contribution is 5.93. The molecule has 1 atom stereocenters. The molecular formula is C27H34FN5O4. The van der Waals surface area contributed by atoms with Gasteiger partial charge in [0.05, 0.1) is 18.0 Å². The minimum Gasteiger partial charge on any atom is -0.453 e. The Bertz CT molecular complexity index is 1250. The van der Waals surface area contributed by atoms with Crippen LogP contribution < -0.4 is 21.1 Å². The first-order chi connectivity index (χ1) is 17.8. The molecule has 1 aliphatic carbocycles. The molecule has 1 aliphatic rings. The lowest BCUT2D eigenvalue weighted by molar-refractivity contribution is -0.135. The molecule has 37 heavy (non-hydrogen) atoms. The van der Waals surface area contributed by atoms with Crippen molar-refractivity contribution < 1.29 is 23.5 Å². The van der Waals surface area contributed by atoms with Crippen molar-refractivity contribution in [1.29, 1.82) is 0 Å². The number of aryl methyl sites for hydroxylation is 1. The van der Waals surface area contributed by atoms with Gasteiger partial charge in [0, 0.05) is 26.0 Å². The first-order valence-corrected chi connectivity index (χ1v) is 12.6. The van der Waals surface area contributed by atoms with Gasteiger partial charge in [0.15, 0.2) is 11.6 Å². The number of hydrogen-bond acceptors (Lipinski definition) is 6. The Labute approximate surface area is 215 Å². The molecule has 0 radical (unpaired) electrons. The third kappa shape index (κ3) is 6.08. The number of ether oxygens (including phenoxy) is 2. The van der Waals surface area contributed by atoms with E-state index in [4.69, 9.17) is 15.2 Å². The van der Waals surface area contributed by atoms with Crippen molar-refractivity contribution in [3.05, 3.63) is 53.6 Å². The summed E-state index contributed by atoms with van der Waals surface area (Å²) in [4.78, 5) is 33.3. The van der Waals surface area contributed by atoms with Gasteiger partial charge >= 0.3 is 0 Å². The summed E-state index contributed by atoms with van der Waals surface area (Å²) >= 11 is 0. The average Bonchev–Trinajstić information content (AvgIpc) is 3.27. The number of methoxy groups -OCH3 is 1. The Kier molecular flexibility index (Phi) is 8.40. The monoisotopic (exact) mass is 511 g/mol. The lowest BCUT2D eigenvalue weighted by Gasteiger charge is -2.37. The number of H-pyrrole nitrogens is 1. The highest BCUT2D eigenvalue weighted by Crippen LogP contribution is 2.33. The lowest BCUT2D eigenvalue weighted by Crippen LogP contribution is -2.62. The molecule has 10 heteroatoms. The number of nitrogens with zero attached hydrogens (tertiary/aromatic N) is 1. The van der Waals surface area contributed by atoms with Gasteiger partial charge in [-0.3, -0.25) is 9.59 Å². The van der Waals surface area contributed by atoms with Crippen LogP contribution in [0, 0.1) is 12.7 Å². The smallest absolute Gasteiger partial charge is 0.245 e. The zero-order valence-corrected chi connectivity index (χ0v) is 21.2. The summed E-state index contributed by atoms with van der Waals surface area (Å²) in [6.07, 6.45) is 7.31. The van der Waals surface area contributed by atoms with E-state index in [1.54, 1.807) is 25.4 Å². The van der Waals surface area contributed by atoms with E-state index in [2.05, 4.69) is 20.6 Å². The van der Waals surface area contributed by atoms with Gasteiger partial charge in [-0.15, -0.1) is 0 Å². The van der Waals surface area contributed by atoms with Crippen LogP contribution in [-0.2, 0) is 20.7 Å². The number of rotatable bonds is 10. The largest absolute Gasteiger partial charge is 0.453 e. The van der Waals surface area contributed by atoms with E-state index in [0.29, 0.717) is 43.0 Å². The molecule has 0 unspecified atom stereocenters. The van der Waals surface area contributed by atoms with Gasteiger partial charge in [-0.2, -0.15) is 0 Å². The number of nitrogens with two attached hydrogens (primary N) is 1. The van der Waals surface area contributed by atoms with Crippen LogP contribution in [0.3, 0.4) is 0 Å². The van der Waals surface area contributed by atoms with Crippen molar-refractivity contribution in [2.24, 2.45) is 5.73 Å². The third-order valence-corrected chi connectivity index (χ3v) is 6.84. The predicted molar refractivity (Wildman–Crippen MR) is 138 cm³/mol. The average molecular weight is 512 g/mol. The maximum atomic E-state index is 14.9. The molecule has 1 aromatic carbocycles. The van der Waals surface area contributed by atoms with E-state index in [9.17, 15) is 14.0 Å². The van der Waals surface area contributed by atoms with Crippen LogP contribution in [0.4, 0.5) is 4.39 Å². The van der Waals surface area contributed by atoms with Crippen LogP contribution in [0.2, 0.25) is 0 Å². The first-order valence-electron chi connectivity index (χ1n) is 12.6. The predicted octanol–water partition coefficient (Wildman–Crippen LogP) is 3.25. The summed E-state index contributed by atoms with van der Waals surface area (Å²) in [7, 11) is 1.56. The SMILES string of the molecule is COCCNC(=O)C1(NC(=O)[C@@H](N)Cc2ccc(Oc3ccnc4[nH]cc(C)c34)c(F)c2)CCCCC1. The Morgan fingerprint density at radius 3 is 2.73 bits per heavy atom. The lowest BCUT2D eigenvalue weighted by atomic mass is 9.80. The molecular weight excluding hydrogens is 477 g/mol. The standard InChI is InChI=1S/C27H34FN5O4/c1-17-16-32-24-23(17)22(8-11-30-24)37-21-7-6-18(14-19(21)28)15-20(29)25(34)33-27(9-4-3-5-10-27)26(35)31-12-13-36-2/h6-8,11,14,16,20H,3-5,9-10,12-13,15,29H2,1-2H3,(H,30,32)(H,31,35)(H,33,34)/t20-/m0/s1. The van der Waals surface area contributed by atoms with Crippen molar-refractivity contribution in [2.45, 2.75) is 57.0 Å². The quantitative estimate of drug-likeness (QED) is 0.309. The van der Waals surface area contributed by atoms with E-state index in [-0.39, 0.29) is 18.1 Å². The summed E-state index contributed by atoms with van der Waals surface area (Å²) in [5, 5.41) is 6.54. The summed E-state index contributed by atoms with van der Waals surface area (Å²) in [5.41, 5.74) is 7.36. The summed E-state index contributed by atoms with van der Waals surface area (Å²) < 4.78 is 25.8. The van der Waals surface area contributed by atoms with Crippen LogP contribution in [0.1, 0.15) is 43.2 Å². The summed E-state index contributed by atoms with van der Waals surface area (Å²) in [6.45, 7) is 2.67. The number of halogens is 1. The normalized spacial score (nSPS) is 15.8. The fraction of sp³-hybridized carbons (Fsp3) is 0.444. The van der Waals surface area contributed by atoms with Gasteiger partial charge in [-0.25, -0.2) is 9.37 Å². The molecule has 0 saturated heterocycles. The molecule has 2 aromatic heterocycles. The van der Waals surface area contributed by atoms with Crippen molar-refractivity contribution in [3.8, 4) is 11.5 Å². The van der Waals surface area contributed by atoms with Crippen LogP contribution in [-0.4, -0.2) is 53.6 Å². The van der Waals surface area contributed by atoms with Crippen molar-refractivity contribution in [2.75, 3.05) is 20.3 Å². The van der Waals surface area contributed by atoms with Crippen molar-refractivity contribution >= 4 is 22.8 Å². The summed E-state index contributed by atoms with van der Waals surface area (Å²) in [5.74, 6) is -0.673. The highest BCUT2D eigenvalue weighted by Gasteiger charge is 2.41. The van der Waals surface area contributed by atoms with Crippen molar-refractivity contribution in [3.63, 3.8) is 0 Å². The third-order valence-electron chi connectivity index (χ3n) is 6.84. The van der Waals surface area contributed by atoms with Gasteiger partial charge in [-0.1, -0.05) is 25.3 Å². The number of pyridine rings is 1. The topological polar surface area (TPSA) is 131 Å². The van der Waals surface area contributed by atoms with Gasteiger partial charge < -0.3 is 30.8 Å². The second-order valence-corrected chi connectivity index (χ2v) is 9.56. The fourth-order valence-corrected chi connectivity index (χ4v) is 4.82. The van der Waals surface area contributed by atoms with Crippen LogP contribution in [0.5, 0.6) is 11.5 Å². The number of fused-ring (bicyclic) bond motifs is 1. The van der Waals surface area contributed by atoms with E-state index in [1.807, 2.05) is 13.1 Å². The first kappa shape index (κ1) is 26.6. The van der Waals surface area contributed by atoms with Crippen LogP contribution in [0.15, 0.2) is 36.7 Å². The molecule has 5 N–H and O–H groups in total. The van der Waals surface area contributed by atoms with Gasteiger partial charge in [-0.05, 0) is 55.5 Å². The summed E-state index contributed by atoms with van der Waals surface area (Å²) in [6, 6.07) is 5.26.